The lowest BCUT2D eigenvalue weighted by Crippen LogP contribution is -2.51. The van der Waals surface area contributed by atoms with Gasteiger partial charge in [0.2, 0.25) is 5.91 Å². The van der Waals surface area contributed by atoms with Crippen LogP contribution < -0.4 is 5.32 Å². The van der Waals surface area contributed by atoms with E-state index >= 15 is 0 Å². The predicted octanol–water partition coefficient (Wildman–Crippen LogP) is 1.84. The van der Waals surface area contributed by atoms with E-state index in [1.165, 1.54) is 0 Å². The van der Waals surface area contributed by atoms with E-state index in [1.54, 1.807) is 18.2 Å². The van der Waals surface area contributed by atoms with Gasteiger partial charge < -0.3 is 25.0 Å². The first-order chi connectivity index (χ1) is 11.3. The minimum absolute atomic E-state index is 0.146. The number of hydrogen-bond acceptors (Lipinski definition) is 4. The second-order valence-corrected chi connectivity index (χ2v) is 7.51. The molecule has 2 heterocycles. The monoisotopic (exact) mass is 450 g/mol. The van der Waals surface area contributed by atoms with Crippen LogP contribution in [0.2, 0.25) is 0 Å². The molecule has 1 aliphatic rings. The molecular formula is C15H23IN4O4. The van der Waals surface area contributed by atoms with E-state index in [0.717, 1.165) is 15.9 Å². The zero-order valence-corrected chi connectivity index (χ0v) is 16.1. The molecule has 2 rings (SSSR count). The van der Waals surface area contributed by atoms with E-state index in [0.29, 0.717) is 13.2 Å². The number of amides is 2. The van der Waals surface area contributed by atoms with Crippen LogP contribution in [0.15, 0.2) is 6.20 Å². The molecule has 1 aromatic heterocycles. The summed E-state index contributed by atoms with van der Waals surface area (Å²) in [7, 11) is 1.64. The average molecular weight is 450 g/mol. The van der Waals surface area contributed by atoms with Gasteiger partial charge in [0.15, 0.2) is 0 Å². The molecule has 0 saturated carbocycles. The second-order valence-electron chi connectivity index (χ2n) is 6.35. The van der Waals surface area contributed by atoms with Crippen molar-refractivity contribution in [3.05, 3.63) is 15.7 Å². The Kier molecular flexibility index (Phi) is 6.44. The third kappa shape index (κ3) is 4.38. The normalized spacial score (nSPS) is 22.0. The first-order valence-corrected chi connectivity index (χ1v) is 8.90. The lowest BCUT2D eigenvalue weighted by atomic mass is 10.0. The van der Waals surface area contributed by atoms with Gasteiger partial charge in [-0.1, -0.05) is 13.8 Å². The van der Waals surface area contributed by atoms with Gasteiger partial charge in [0.1, 0.15) is 11.9 Å². The van der Waals surface area contributed by atoms with Crippen molar-refractivity contribution < 1.29 is 19.4 Å². The highest BCUT2D eigenvalue weighted by Gasteiger charge is 2.41. The largest absolute Gasteiger partial charge is 0.465 e. The minimum atomic E-state index is -1.20. The van der Waals surface area contributed by atoms with Gasteiger partial charge in [-0.15, -0.1) is 0 Å². The fourth-order valence-electron chi connectivity index (χ4n) is 3.09. The smallest absolute Gasteiger partial charge is 0.405 e. The van der Waals surface area contributed by atoms with E-state index in [9.17, 15) is 9.59 Å². The fraction of sp³-hybridized carbons (Fsp3) is 0.667. The summed E-state index contributed by atoms with van der Waals surface area (Å²) in [6.07, 6.45) is 1.26. The summed E-state index contributed by atoms with van der Waals surface area (Å²) in [5, 5.41) is 11.4. The van der Waals surface area contributed by atoms with E-state index in [1.807, 2.05) is 13.8 Å². The minimum Gasteiger partial charge on any atom is -0.465 e. The maximum Gasteiger partial charge on any atom is 0.405 e. The summed E-state index contributed by atoms with van der Waals surface area (Å²) in [6.45, 7) is 4.73. The maximum atomic E-state index is 13.0. The number of halogens is 1. The van der Waals surface area contributed by atoms with Crippen molar-refractivity contribution in [2.75, 3.05) is 20.3 Å². The van der Waals surface area contributed by atoms with Crippen LogP contribution in [0.3, 0.4) is 0 Å². The third-order valence-electron chi connectivity index (χ3n) is 4.16. The predicted molar refractivity (Wildman–Crippen MR) is 95.5 cm³/mol. The number of nitrogens with zero attached hydrogens (tertiary/aromatic N) is 2. The molecule has 0 spiro atoms. The third-order valence-corrected chi connectivity index (χ3v) is 4.71. The van der Waals surface area contributed by atoms with Crippen molar-refractivity contribution in [2.45, 2.75) is 32.4 Å². The number of carboxylic acid groups (broad SMARTS) is 1. The number of H-pyrrole nitrogens is 1. The highest BCUT2D eigenvalue weighted by atomic mass is 127. The van der Waals surface area contributed by atoms with Crippen LogP contribution in [0.5, 0.6) is 0 Å². The summed E-state index contributed by atoms with van der Waals surface area (Å²) in [5.41, 5.74) is 0. The number of carbonyl (C=O) groups excluding carboxylic acids is 1. The molecule has 24 heavy (non-hydrogen) atoms. The molecule has 0 unspecified atom stereocenters. The van der Waals surface area contributed by atoms with Crippen molar-refractivity contribution in [2.24, 2.45) is 11.8 Å². The molecule has 0 bridgehead atoms. The summed E-state index contributed by atoms with van der Waals surface area (Å²) >= 11 is 2.14. The first-order valence-electron chi connectivity index (χ1n) is 7.82. The number of aromatic amines is 1. The van der Waals surface area contributed by atoms with Gasteiger partial charge >= 0.3 is 6.09 Å². The quantitative estimate of drug-likeness (QED) is 0.574. The lowest BCUT2D eigenvalue weighted by Gasteiger charge is -2.29. The van der Waals surface area contributed by atoms with Gasteiger partial charge in [0.25, 0.3) is 0 Å². The zero-order valence-electron chi connectivity index (χ0n) is 14.0. The number of hydrogen-bond donors (Lipinski definition) is 3. The summed E-state index contributed by atoms with van der Waals surface area (Å²) < 4.78 is 6.13. The highest BCUT2D eigenvalue weighted by Crippen LogP contribution is 2.35. The number of aromatic nitrogens is 2. The van der Waals surface area contributed by atoms with Gasteiger partial charge in [-0.25, -0.2) is 9.78 Å². The molecule has 2 amide bonds. The number of imidazole rings is 1. The first kappa shape index (κ1) is 19.0. The van der Waals surface area contributed by atoms with Gasteiger partial charge in [0.05, 0.1) is 22.5 Å². The maximum absolute atomic E-state index is 13.0. The summed E-state index contributed by atoms with van der Waals surface area (Å²) in [5.74, 6) is 0.559. The molecule has 0 radical (unpaired) electrons. The van der Waals surface area contributed by atoms with Gasteiger partial charge in [-0.3, -0.25) is 4.79 Å². The molecular weight excluding hydrogens is 427 g/mol. The number of carbonyl (C=O) groups is 2. The standard InChI is InChI=1S/C15H23IN4O4/c1-8(2)12(19-15(22)23)14(21)20-6-9(7-24-3)4-10(20)13-17-5-11(16)18-13/h5,8-10,12,19H,4,6-7H2,1-3H3,(H,17,18)(H,22,23)/t9-,10-,12-/m0/s1. The molecule has 9 heteroatoms. The molecule has 0 aromatic carbocycles. The number of methoxy groups -OCH3 is 1. The molecule has 1 fully saturated rings. The van der Waals surface area contributed by atoms with E-state index in [4.69, 9.17) is 9.84 Å². The van der Waals surface area contributed by atoms with Gasteiger partial charge in [0, 0.05) is 19.6 Å². The van der Waals surface area contributed by atoms with Crippen molar-refractivity contribution in [3.8, 4) is 0 Å². The number of rotatable bonds is 6. The van der Waals surface area contributed by atoms with Crippen LogP contribution in [0.25, 0.3) is 0 Å². The molecule has 0 aliphatic carbocycles. The number of ether oxygens (including phenoxy) is 1. The second kappa shape index (κ2) is 8.15. The zero-order chi connectivity index (χ0) is 17.9. The number of nitrogens with one attached hydrogen (secondary N) is 2. The van der Waals surface area contributed by atoms with Crippen LogP contribution >= 0.6 is 22.6 Å². The molecule has 3 atom stereocenters. The fourth-order valence-corrected chi connectivity index (χ4v) is 3.51. The van der Waals surface area contributed by atoms with Crippen LogP contribution in [-0.4, -0.2) is 58.3 Å². The molecule has 1 saturated heterocycles. The van der Waals surface area contributed by atoms with E-state index < -0.39 is 12.1 Å². The molecule has 1 aromatic rings. The molecule has 1 aliphatic heterocycles. The van der Waals surface area contributed by atoms with Crippen LogP contribution in [-0.2, 0) is 9.53 Å². The summed E-state index contributed by atoms with van der Waals surface area (Å²) in [6, 6.07) is -0.974. The molecule has 8 nitrogen and oxygen atoms in total. The Bertz CT molecular complexity index is 592. The Morgan fingerprint density at radius 2 is 2.29 bits per heavy atom. The van der Waals surface area contributed by atoms with Crippen molar-refractivity contribution in [1.82, 2.24) is 20.2 Å². The van der Waals surface area contributed by atoms with Crippen molar-refractivity contribution in [3.63, 3.8) is 0 Å². The SMILES string of the molecule is COC[C@H]1C[C@@H](c2ncc(I)[nH]2)N(C(=O)[C@@H](NC(=O)O)C(C)C)C1. The van der Waals surface area contributed by atoms with Gasteiger partial charge in [-0.2, -0.15) is 0 Å². The van der Waals surface area contributed by atoms with E-state index in [-0.39, 0.29) is 23.8 Å². The van der Waals surface area contributed by atoms with Crippen LogP contribution in [0.4, 0.5) is 4.79 Å². The topological polar surface area (TPSA) is 108 Å². The Hall–Kier alpha value is -1.36. The van der Waals surface area contributed by atoms with Crippen LogP contribution in [0, 0.1) is 15.5 Å². The van der Waals surface area contributed by atoms with Gasteiger partial charge in [-0.05, 0) is 34.9 Å². The summed E-state index contributed by atoms with van der Waals surface area (Å²) in [4.78, 5) is 33.3. The van der Waals surface area contributed by atoms with Crippen molar-refractivity contribution >= 4 is 34.6 Å². The average Bonchev–Trinajstić information content (AvgIpc) is 3.10. The Morgan fingerprint density at radius 1 is 1.58 bits per heavy atom. The van der Waals surface area contributed by atoms with Crippen LogP contribution in [0.1, 0.15) is 32.1 Å². The van der Waals surface area contributed by atoms with E-state index in [2.05, 4.69) is 37.9 Å². The number of likely N-dealkylation sites (tertiary alicyclic amines) is 1. The highest BCUT2D eigenvalue weighted by molar-refractivity contribution is 14.1. The Labute approximate surface area is 154 Å². The Balaban J connectivity index is 2.25. The molecule has 3 N–H and O–H groups in total. The molecule has 134 valence electrons. The lowest BCUT2D eigenvalue weighted by molar-refractivity contribution is -0.135. The van der Waals surface area contributed by atoms with Crippen molar-refractivity contribution in [1.29, 1.82) is 0 Å². The Morgan fingerprint density at radius 3 is 2.79 bits per heavy atom.